The van der Waals surface area contributed by atoms with Crippen molar-refractivity contribution >= 4 is 27.5 Å². The molecule has 1 aromatic rings. The van der Waals surface area contributed by atoms with Crippen molar-refractivity contribution in [3.8, 4) is 0 Å². The molecule has 0 saturated carbocycles. The topological polar surface area (TPSA) is 12.0 Å². The lowest BCUT2D eigenvalue weighted by atomic mass is 10.1. The zero-order chi connectivity index (χ0) is 12.1. The quantitative estimate of drug-likeness (QED) is 0.811. The van der Waals surface area contributed by atoms with E-state index in [4.69, 9.17) is 11.6 Å². The molecule has 0 aromatic heterocycles. The van der Waals surface area contributed by atoms with E-state index in [1.54, 1.807) is 12.1 Å². The Morgan fingerprint density at radius 1 is 1.44 bits per heavy atom. The van der Waals surface area contributed by atoms with Gasteiger partial charge in [0.2, 0.25) is 0 Å². The van der Waals surface area contributed by atoms with Crippen LogP contribution in [0.5, 0.6) is 0 Å². The molecule has 0 radical (unpaired) electrons. The molecule has 1 rings (SSSR count). The summed E-state index contributed by atoms with van der Waals surface area (Å²) in [6.45, 7) is 4.68. The molecule has 0 fully saturated rings. The largest absolute Gasteiger partial charge is 0.310 e. The van der Waals surface area contributed by atoms with Crippen LogP contribution >= 0.6 is 27.5 Å². The fourth-order valence-corrected chi connectivity index (χ4v) is 2.09. The van der Waals surface area contributed by atoms with Gasteiger partial charge in [0.15, 0.2) is 0 Å². The van der Waals surface area contributed by atoms with Crippen LogP contribution in [0.15, 0.2) is 18.2 Å². The molecule has 0 bridgehead atoms. The van der Waals surface area contributed by atoms with Gasteiger partial charge in [0.25, 0.3) is 0 Å². The van der Waals surface area contributed by atoms with Crippen LogP contribution in [0.4, 0.5) is 4.39 Å². The van der Waals surface area contributed by atoms with E-state index >= 15 is 0 Å². The first-order valence-electron chi connectivity index (χ1n) is 5.28. The summed E-state index contributed by atoms with van der Waals surface area (Å²) in [6.07, 6.45) is 0. The minimum Gasteiger partial charge on any atom is -0.310 e. The normalized spacial score (nSPS) is 14.8. The molecule has 0 aliphatic carbocycles. The van der Waals surface area contributed by atoms with Crippen LogP contribution in [-0.2, 0) is 6.54 Å². The van der Waals surface area contributed by atoms with E-state index in [9.17, 15) is 4.39 Å². The van der Waals surface area contributed by atoms with Gasteiger partial charge in [-0.1, -0.05) is 40.5 Å². The Morgan fingerprint density at radius 3 is 2.69 bits per heavy atom. The highest BCUT2D eigenvalue weighted by Gasteiger charge is 2.12. The van der Waals surface area contributed by atoms with Crippen molar-refractivity contribution in [1.29, 1.82) is 0 Å². The van der Waals surface area contributed by atoms with Gasteiger partial charge in [0.05, 0.1) is 0 Å². The van der Waals surface area contributed by atoms with Gasteiger partial charge < -0.3 is 5.32 Å². The predicted molar refractivity (Wildman–Crippen MR) is 70.7 cm³/mol. The van der Waals surface area contributed by atoms with E-state index in [1.165, 1.54) is 6.07 Å². The molecule has 0 saturated heterocycles. The lowest BCUT2D eigenvalue weighted by Crippen LogP contribution is -2.32. The standard InChI is InChI=1S/C12H16BrClFN/c1-8(6-13)9(2)16-7-10-11(14)4-3-5-12(10)15/h3-5,8-9,16H,6-7H2,1-2H3. The van der Waals surface area contributed by atoms with Gasteiger partial charge in [-0.3, -0.25) is 0 Å². The van der Waals surface area contributed by atoms with Gasteiger partial charge >= 0.3 is 0 Å². The molecule has 1 N–H and O–H groups in total. The number of rotatable bonds is 5. The number of nitrogens with one attached hydrogen (secondary N) is 1. The van der Waals surface area contributed by atoms with Crippen LogP contribution < -0.4 is 5.32 Å². The molecule has 2 unspecified atom stereocenters. The van der Waals surface area contributed by atoms with E-state index in [2.05, 4.69) is 35.1 Å². The molecular weight excluding hydrogens is 292 g/mol. The Balaban J connectivity index is 2.61. The third-order valence-electron chi connectivity index (χ3n) is 2.76. The maximum Gasteiger partial charge on any atom is 0.129 e. The Kier molecular flexibility index (Phi) is 5.73. The van der Waals surface area contributed by atoms with Gasteiger partial charge in [-0.25, -0.2) is 4.39 Å². The average molecular weight is 309 g/mol. The summed E-state index contributed by atoms with van der Waals surface area (Å²) in [4.78, 5) is 0. The molecule has 90 valence electrons. The smallest absolute Gasteiger partial charge is 0.129 e. The maximum absolute atomic E-state index is 13.5. The average Bonchev–Trinajstić information content (AvgIpc) is 2.27. The maximum atomic E-state index is 13.5. The second-order valence-electron chi connectivity index (χ2n) is 4.00. The molecule has 1 nitrogen and oxygen atoms in total. The van der Waals surface area contributed by atoms with Crippen molar-refractivity contribution in [3.63, 3.8) is 0 Å². The van der Waals surface area contributed by atoms with Crippen LogP contribution in [0, 0.1) is 11.7 Å². The molecule has 0 aliphatic heterocycles. The zero-order valence-corrected chi connectivity index (χ0v) is 11.8. The van der Waals surface area contributed by atoms with Crippen molar-refractivity contribution in [2.75, 3.05) is 5.33 Å². The van der Waals surface area contributed by atoms with Crippen LogP contribution in [-0.4, -0.2) is 11.4 Å². The first-order chi connectivity index (χ1) is 7.56. The molecule has 0 amide bonds. The fourth-order valence-electron chi connectivity index (χ4n) is 1.30. The SMILES string of the molecule is CC(CBr)C(C)NCc1c(F)cccc1Cl. The highest BCUT2D eigenvalue weighted by atomic mass is 79.9. The molecule has 1 aromatic carbocycles. The predicted octanol–water partition coefficient (Wildman–Crippen LogP) is 3.99. The van der Waals surface area contributed by atoms with Crippen molar-refractivity contribution in [1.82, 2.24) is 5.32 Å². The second-order valence-corrected chi connectivity index (χ2v) is 5.06. The highest BCUT2D eigenvalue weighted by molar-refractivity contribution is 9.09. The zero-order valence-electron chi connectivity index (χ0n) is 9.43. The van der Waals surface area contributed by atoms with Crippen LogP contribution in [0.1, 0.15) is 19.4 Å². The summed E-state index contributed by atoms with van der Waals surface area (Å²) in [5, 5.41) is 4.68. The summed E-state index contributed by atoms with van der Waals surface area (Å²) in [7, 11) is 0. The van der Waals surface area contributed by atoms with Gasteiger partial charge in [0.1, 0.15) is 5.82 Å². The first kappa shape index (κ1) is 13.9. The Morgan fingerprint density at radius 2 is 2.12 bits per heavy atom. The third kappa shape index (κ3) is 3.72. The Bertz CT molecular complexity index is 326. The highest BCUT2D eigenvalue weighted by Crippen LogP contribution is 2.19. The number of alkyl halides is 1. The Labute approximate surface area is 110 Å². The molecule has 4 heteroatoms. The van der Waals surface area contributed by atoms with Gasteiger partial charge in [-0.15, -0.1) is 0 Å². The molecular formula is C12H16BrClFN. The van der Waals surface area contributed by atoms with E-state index in [0.29, 0.717) is 29.1 Å². The third-order valence-corrected chi connectivity index (χ3v) is 4.13. The number of hydrogen-bond donors (Lipinski definition) is 1. The Hall–Kier alpha value is -0.120. The van der Waals surface area contributed by atoms with Gasteiger partial charge in [-0.05, 0) is 25.0 Å². The number of halogens is 3. The molecule has 0 aliphatic rings. The van der Waals surface area contributed by atoms with Gasteiger partial charge in [0, 0.05) is 28.5 Å². The van der Waals surface area contributed by atoms with E-state index in [-0.39, 0.29) is 5.82 Å². The van der Waals surface area contributed by atoms with Crippen molar-refractivity contribution < 1.29 is 4.39 Å². The lowest BCUT2D eigenvalue weighted by molar-refractivity contribution is 0.428. The van der Waals surface area contributed by atoms with Crippen molar-refractivity contribution in [2.45, 2.75) is 26.4 Å². The minimum atomic E-state index is -0.251. The summed E-state index contributed by atoms with van der Waals surface area (Å²) >= 11 is 9.37. The van der Waals surface area contributed by atoms with Crippen molar-refractivity contribution in [3.05, 3.63) is 34.6 Å². The van der Waals surface area contributed by atoms with Crippen LogP contribution in [0.3, 0.4) is 0 Å². The van der Waals surface area contributed by atoms with E-state index < -0.39 is 0 Å². The monoisotopic (exact) mass is 307 g/mol. The van der Waals surface area contributed by atoms with Crippen LogP contribution in [0.25, 0.3) is 0 Å². The second kappa shape index (κ2) is 6.58. The summed E-state index contributed by atoms with van der Waals surface area (Å²) < 4.78 is 13.5. The first-order valence-corrected chi connectivity index (χ1v) is 6.78. The molecule has 0 heterocycles. The summed E-state index contributed by atoms with van der Waals surface area (Å²) in [6, 6.07) is 5.07. The molecule has 0 spiro atoms. The van der Waals surface area contributed by atoms with Gasteiger partial charge in [-0.2, -0.15) is 0 Å². The van der Waals surface area contributed by atoms with Crippen LogP contribution in [0.2, 0.25) is 5.02 Å². The minimum absolute atomic E-state index is 0.251. The summed E-state index contributed by atoms with van der Waals surface area (Å²) in [5.41, 5.74) is 0.540. The number of benzene rings is 1. The van der Waals surface area contributed by atoms with Crippen molar-refractivity contribution in [2.24, 2.45) is 5.92 Å². The summed E-state index contributed by atoms with van der Waals surface area (Å²) in [5.74, 6) is 0.240. The molecule has 16 heavy (non-hydrogen) atoms. The fraction of sp³-hybridized carbons (Fsp3) is 0.500. The van der Waals surface area contributed by atoms with E-state index in [0.717, 1.165) is 5.33 Å². The van der Waals surface area contributed by atoms with E-state index in [1.807, 2.05) is 0 Å². The molecule has 2 atom stereocenters. The lowest BCUT2D eigenvalue weighted by Gasteiger charge is -2.19. The number of hydrogen-bond acceptors (Lipinski definition) is 1.